The van der Waals surface area contributed by atoms with Gasteiger partial charge in [-0.15, -0.1) is 0 Å². The lowest BCUT2D eigenvalue weighted by molar-refractivity contribution is -0.137. The van der Waals surface area contributed by atoms with Gasteiger partial charge in [0.2, 0.25) is 0 Å². The van der Waals surface area contributed by atoms with Gasteiger partial charge in [0, 0.05) is 38.6 Å². The van der Waals surface area contributed by atoms with E-state index >= 15 is 0 Å². The van der Waals surface area contributed by atoms with Gasteiger partial charge in [0.1, 0.15) is 5.75 Å². The van der Waals surface area contributed by atoms with Crippen LogP contribution in [0.25, 0.3) is 0 Å². The number of hydrogen-bond donors (Lipinski definition) is 1. The standard InChI is InChI=1S/C17H26N2O3/c1-14(15-5-3-6-16(13-15)22-2)19-11-9-18(10-12-19)8-4-7-17(20)21/h3,5-6,13-14H,4,7-12H2,1-2H3,(H,20,21). The van der Waals surface area contributed by atoms with Crippen molar-refractivity contribution in [1.82, 2.24) is 9.80 Å². The van der Waals surface area contributed by atoms with Gasteiger partial charge in [0.05, 0.1) is 7.11 Å². The molecule has 1 aromatic rings. The Hall–Kier alpha value is -1.59. The number of aliphatic carboxylic acids is 1. The molecular formula is C17H26N2O3. The molecule has 1 atom stereocenters. The van der Waals surface area contributed by atoms with Gasteiger partial charge in [0.25, 0.3) is 0 Å². The highest BCUT2D eigenvalue weighted by Gasteiger charge is 2.22. The second-order valence-corrected chi connectivity index (χ2v) is 5.83. The molecule has 5 heteroatoms. The van der Waals surface area contributed by atoms with E-state index in [1.54, 1.807) is 7.11 Å². The summed E-state index contributed by atoms with van der Waals surface area (Å²) in [6.07, 6.45) is 1.00. The number of ether oxygens (including phenoxy) is 1. The maximum absolute atomic E-state index is 10.6. The third-order valence-electron chi connectivity index (χ3n) is 4.40. The Balaban J connectivity index is 1.81. The molecule has 0 aliphatic carbocycles. The second kappa shape index (κ2) is 8.15. The van der Waals surface area contributed by atoms with Crippen molar-refractivity contribution in [3.63, 3.8) is 0 Å². The van der Waals surface area contributed by atoms with E-state index in [0.29, 0.717) is 6.04 Å². The molecule has 1 unspecified atom stereocenters. The van der Waals surface area contributed by atoms with E-state index in [1.807, 2.05) is 12.1 Å². The van der Waals surface area contributed by atoms with Gasteiger partial charge in [-0.2, -0.15) is 0 Å². The molecule has 0 amide bonds. The van der Waals surface area contributed by atoms with Crippen molar-refractivity contribution in [3.8, 4) is 5.75 Å². The van der Waals surface area contributed by atoms with E-state index < -0.39 is 5.97 Å². The highest BCUT2D eigenvalue weighted by atomic mass is 16.5. The first-order valence-corrected chi connectivity index (χ1v) is 7.92. The summed E-state index contributed by atoms with van der Waals surface area (Å²) in [7, 11) is 1.69. The lowest BCUT2D eigenvalue weighted by Crippen LogP contribution is -2.47. The molecule has 1 aliphatic rings. The van der Waals surface area contributed by atoms with Crippen molar-refractivity contribution in [2.24, 2.45) is 0 Å². The van der Waals surface area contributed by atoms with E-state index in [4.69, 9.17) is 9.84 Å². The molecule has 0 bridgehead atoms. The second-order valence-electron chi connectivity index (χ2n) is 5.83. The number of methoxy groups -OCH3 is 1. The number of carboxylic acids is 1. The molecule has 122 valence electrons. The number of benzene rings is 1. The molecule has 1 heterocycles. The monoisotopic (exact) mass is 306 g/mol. The average molecular weight is 306 g/mol. The smallest absolute Gasteiger partial charge is 0.303 e. The van der Waals surface area contributed by atoms with Gasteiger partial charge < -0.3 is 14.7 Å². The molecule has 0 aromatic heterocycles. The number of carboxylic acid groups (broad SMARTS) is 1. The molecular weight excluding hydrogens is 280 g/mol. The fourth-order valence-electron chi connectivity index (χ4n) is 2.94. The fraction of sp³-hybridized carbons (Fsp3) is 0.588. The summed E-state index contributed by atoms with van der Waals surface area (Å²) in [5.74, 6) is 0.196. The van der Waals surface area contributed by atoms with Crippen LogP contribution in [0.1, 0.15) is 31.4 Å². The number of carbonyl (C=O) groups is 1. The van der Waals surface area contributed by atoms with Crippen molar-refractivity contribution < 1.29 is 14.6 Å². The molecule has 22 heavy (non-hydrogen) atoms. The van der Waals surface area contributed by atoms with Gasteiger partial charge in [-0.1, -0.05) is 12.1 Å². The number of nitrogens with zero attached hydrogens (tertiary/aromatic N) is 2. The van der Waals surface area contributed by atoms with Gasteiger partial charge in [-0.3, -0.25) is 9.69 Å². The summed E-state index contributed by atoms with van der Waals surface area (Å²) in [5.41, 5.74) is 1.28. The number of hydrogen-bond acceptors (Lipinski definition) is 4. The van der Waals surface area contributed by atoms with Crippen molar-refractivity contribution in [2.45, 2.75) is 25.8 Å². The Morgan fingerprint density at radius 1 is 1.32 bits per heavy atom. The van der Waals surface area contributed by atoms with E-state index in [1.165, 1.54) is 5.56 Å². The van der Waals surface area contributed by atoms with Crippen LogP contribution in [0, 0.1) is 0 Å². The first kappa shape index (κ1) is 16.8. The maximum Gasteiger partial charge on any atom is 0.303 e. The highest BCUT2D eigenvalue weighted by molar-refractivity contribution is 5.66. The van der Waals surface area contributed by atoms with Crippen LogP contribution < -0.4 is 4.74 Å². The summed E-state index contributed by atoms with van der Waals surface area (Å²) in [6.45, 7) is 7.17. The van der Waals surface area contributed by atoms with Crippen LogP contribution in [0.15, 0.2) is 24.3 Å². The van der Waals surface area contributed by atoms with E-state index in [2.05, 4.69) is 28.9 Å². The molecule has 1 aliphatic heterocycles. The zero-order chi connectivity index (χ0) is 15.9. The van der Waals surface area contributed by atoms with Crippen LogP contribution in [0.3, 0.4) is 0 Å². The fourth-order valence-corrected chi connectivity index (χ4v) is 2.94. The minimum atomic E-state index is -0.703. The van der Waals surface area contributed by atoms with Crippen LogP contribution in [0.4, 0.5) is 0 Å². The van der Waals surface area contributed by atoms with E-state index in [-0.39, 0.29) is 6.42 Å². The largest absolute Gasteiger partial charge is 0.497 e. The summed E-state index contributed by atoms with van der Waals surface area (Å²) in [6, 6.07) is 8.62. The Kier molecular flexibility index (Phi) is 6.21. The van der Waals surface area contributed by atoms with Gasteiger partial charge in [-0.05, 0) is 37.6 Å². The van der Waals surface area contributed by atoms with Crippen LogP contribution in [-0.2, 0) is 4.79 Å². The van der Waals surface area contributed by atoms with Crippen LogP contribution in [-0.4, -0.2) is 60.7 Å². The Morgan fingerprint density at radius 2 is 2.05 bits per heavy atom. The lowest BCUT2D eigenvalue weighted by Gasteiger charge is -2.38. The van der Waals surface area contributed by atoms with E-state index in [0.717, 1.165) is 44.9 Å². The molecule has 0 radical (unpaired) electrons. The summed E-state index contributed by atoms with van der Waals surface area (Å²) in [4.78, 5) is 15.4. The summed E-state index contributed by atoms with van der Waals surface area (Å²) < 4.78 is 5.30. The Bertz CT molecular complexity index is 485. The van der Waals surface area contributed by atoms with Gasteiger partial charge >= 0.3 is 5.97 Å². The van der Waals surface area contributed by atoms with Gasteiger partial charge in [-0.25, -0.2) is 0 Å². The SMILES string of the molecule is COc1cccc(C(C)N2CCN(CCCC(=O)O)CC2)c1. The topological polar surface area (TPSA) is 53.0 Å². The quantitative estimate of drug-likeness (QED) is 0.837. The van der Waals surface area contributed by atoms with Crippen molar-refractivity contribution in [1.29, 1.82) is 0 Å². The molecule has 5 nitrogen and oxygen atoms in total. The number of piperazine rings is 1. The predicted octanol–water partition coefficient (Wildman–Crippen LogP) is 2.24. The van der Waals surface area contributed by atoms with Crippen molar-refractivity contribution in [3.05, 3.63) is 29.8 Å². The Labute approximate surface area is 132 Å². The van der Waals surface area contributed by atoms with Crippen molar-refractivity contribution in [2.75, 3.05) is 39.8 Å². The molecule has 2 rings (SSSR count). The van der Waals surface area contributed by atoms with Gasteiger partial charge in [0.15, 0.2) is 0 Å². The molecule has 1 N–H and O–H groups in total. The first-order valence-electron chi connectivity index (χ1n) is 7.92. The average Bonchev–Trinajstić information content (AvgIpc) is 2.54. The highest BCUT2D eigenvalue weighted by Crippen LogP contribution is 2.24. The predicted molar refractivity (Wildman–Crippen MR) is 86.3 cm³/mol. The molecule has 1 aromatic carbocycles. The Morgan fingerprint density at radius 3 is 2.68 bits per heavy atom. The van der Waals surface area contributed by atoms with E-state index in [9.17, 15) is 4.79 Å². The zero-order valence-corrected chi connectivity index (χ0v) is 13.5. The maximum atomic E-state index is 10.6. The molecule has 1 fully saturated rings. The minimum absolute atomic E-state index is 0.264. The molecule has 1 saturated heterocycles. The molecule has 0 saturated carbocycles. The third kappa shape index (κ3) is 4.71. The number of rotatable bonds is 7. The minimum Gasteiger partial charge on any atom is -0.497 e. The summed E-state index contributed by atoms with van der Waals surface area (Å²) >= 11 is 0. The van der Waals surface area contributed by atoms with Crippen LogP contribution in [0.2, 0.25) is 0 Å². The first-order chi connectivity index (χ1) is 10.6. The lowest BCUT2D eigenvalue weighted by atomic mass is 10.1. The summed E-state index contributed by atoms with van der Waals surface area (Å²) in [5, 5.41) is 8.69. The van der Waals surface area contributed by atoms with Crippen LogP contribution >= 0.6 is 0 Å². The third-order valence-corrected chi connectivity index (χ3v) is 4.40. The zero-order valence-electron chi connectivity index (χ0n) is 13.5. The normalized spacial score (nSPS) is 18.1. The molecule has 0 spiro atoms. The van der Waals surface area contributed by atoms with Crippen molar-refractivity contribution >= 4 is 5.97 Å². The van der Waals surface area contributed by atoms with Crippen LogP contribution in [0.5, 0.6) is 5.75 Å².